The van der Waals surface area contributed by atoms with Gasteiger partial charge in [-0.3, -0.25) is 9.78 Å². The molecule has 0 radical (unpaired) electrons. The molecule has 1 amide bonds. The van der Waals surface area contributed by atoms with E-state index in [1.165, 1.54) is 0 Å². The van der Waals surface area contributed by atoms with E-state index < -0.39 is 11.8 Å². The smallest absolute Gasteiger partial charge is 0.239 e. The SMILES string of the molecule is C=CCO[C@@]12Oc3ccc(OCc4cccc(C)n4)cc3[C@H]3[C@H](CCCCO)[C@@H](CCCCO)C=C(C(=NOC)C[C@@H]1N(C)C(=O)C1CC1)[C@H]32. The van der Waals surface area contributed by atoms with Crippen molar-refractivity contribution in [2.75, 3.05) is 34.0 Å². The first-order valence-corrected chi connectivity index (χ1v) is 18.3. The van der Waals surface area contributed by atoms with Gasteiger partial charge >= 0.3 is 0 Å². The summed E-state index contributed by atoms with van der Waals surface area (Å²) in [5, 5.41) is 24.1. The minimum absolute atomic E-state index is 0.0129. The lowest BCUT2D eigenvalue weighted by Crippen LogP contribution is -2.69. The summed E-state index contributed by atoms with van der Waals surface area (Å²) in [7, 11) is 3.43. The number of nitrogens with zero attached hydrogens (tertiary/aromatic N) is 3. The predicted molar refractivity (Wildman–Crippen MR) is 191 cm³/mol. The van der Waals surface area contributed by atoms with Crippen molar-refractivity contribution in [2.45, 2.75) is 89.1 Å². The summed E-state index contributed by atoms with van der Waals surface area (Å²) < 4.78 is 20.4. The average molecular weight is 688 g/mol. The largest absolute Gasteiger partial charge is 0.487 e. The van der Waals surface area contributed by atoms with Gasteiger partial charge in [-0.1, -0.05) is 36.2 Å². The van der Waals surface area contributed by atoms with E-state index in [9.17, 15) is 15.0 Å². The molecule has 2 saturated carbocycles. The van der Waals surface area contributed by atoms with Crippen LogP contribution in [0.15, 0.2) is 65.9 Å². The first kappa shape index (κ1) is 36.1. The number of rotatable bonds is 17. The number of aliphatic hydroxyl groups excluding tert-OH is 2. The minimum Gasteiger partial charge on any atom is -0.487 e. The maximum atomic E-state index is 13.8. The molecule has 6 rings (SSSR count). The highest BCUT2D eigenvalue weighted by Gasteiger charge is 2.65. The maximum Gasteiger partial charge on any atom is 0.239 e. The number of allylic oxidation sites excluding steroid dienone is 1. The number of hydrogen-bond acceptors (Lipinski definition) is 9. The Bertz CT molecular complexity index is 1570. The molecule has 3 aliphatic carbocycles. The molecule has 270 valence electrons. The van der Waals surface area contributed by atoms with Crippen LogP contribution in [0.4, 0.5) is 0 Å². The van der Waals surface area contributed by atoms with Crippen molar-refractivity contribution in [3.05, 3.63) is 77.7 Å². The molecule has 0 saturated heterocycles. The van der Waals surface area contributed by atoms with E-state index in [1.807, 2.05) is 49.2 Å². The molecule has 2 aromatic rings. The number of aromatic nitrogens is 1. The Hall–Kier alpha value is -3.73. The van der Waals surface area contributed by atoms with Gasteiger partial charge in [0.2, 0.25) is 11.7 Å². The Labute approximate surface area is 296 Å². The number of aliphatic hydroxyl groups is 2. The molecule has 2 heterocycles. The molecule has 1 aliphatic heterocycles. The second-order valence-electron chi connectivity index (χ2n) is 14.2. The van der Waals surface area contributed by atoms with Gasteiger partial charge in [0.1, 0.15) is 31.3 Å². The van der Waals surface area contributed by atoms with E-state index in [-0.39, 0.29) is 55.3 Å². The van der Waals surface area contributed by atoms with Crippen LogP contribution in [0, 0.1) is 30.6 Å². The number of benzene rings is 1. The number of oxime groups is 1. The van der Waals surface area contributed by atoms with Crippen molar-refractivity contribution in [3.8, 4) is 11.5 Å². The summed E-state index contributed by atoms with van der Waals surface area (Å²) in [6, 6.07) is 11.5. The van der Waals surface area contributed by atoms with E-state index in [1.54, 1.807) is 13.2 Å². The summed E-state index contributed by atoms with van der Waals surface area (Å²) >= 11 is 0. The average Bonchev–Trinajstić information content (AvgIpc) is 3.97. The topological polar surface area (TPSA) is 123 Å². The predicted octanol–water partition coefficient (Wildman–Crippen LogP) is 6.10. The van der Waals surface area contributed by atoms with Crippen LogP contribution in [0.2, 0.25) is 0 Å². The van der Waals surface area contributed by atoms with Crippen LogP contribution in [-0.2, 0) is 21.0 Å². The van der Waals surface area contributed by atoms with Crippen LogP contribution in [0.1, 0.15) is 80.7 Å². The number of pyridine rings is 1. The zero-order valence-electron chi connectivity index (χ0n) is 29.8. The molecule has 6 atom stereocenters. The number of likely N-dealkylation sites (N-methyl/N-ethyl adjacent to an activating group) is 1. The molecule has 1 aromatic heterocycles. The summed E-state index contributed by atoms with van der Waals surface area (Å²) in [5.41, 5.74) is 4.64. The molecule has 1 aromatic carbocycles. The zero-order chi connectivity index (χ0) is 35.3. The summed E-state index contributed by atoms with van der Waals surface area (Å²) in [6.07, 6.45) is 11.2. The Balaban J connectivity index is 1.51. The van der Waals surface area contributed by atoms with E-state index in [0.29, 0.717) is 25.2 Å². The molecule has 0 spiro atoms. The first-order valence-electron chi connectivity index (χ1n) is 18.3. The number of ether oxygens (including phenoxy) is 3. The van der Waals surface area contributed by atoms with E-state index >= 15 is 0 Å². The van der Waals surface area contributed by atoms with Crippen LogP contribution < -0.4 is 9.47 Å². The number of hydrogen-bond donors (Lipinski definition) is 2. The number of aryl methyl sites for hydroxylation is 1. The van der Waals surface area contributed by atoms with Crippen molar-refractivity contribution in [3.63, 3.8) is 0 Å². The molecule has 50 heavy (non-hydrogen) atoms. The monoisotopic (exact) mass is 687 g/mol. The molecule has 2 fully saturated rings. The molecule has 10 heteroatoms. The number of carbonyl (C=O) groups is 1. The molecular weight excluding hydrogens is 634 g/mol. The van der Waals surface area contributed by atoms with Crippen molar-refractivity contribution in [1.29, 1.82) is 0 Å². The lowest BCUT2D eigenvalue weighted by Gasteiger charge is -2.59. The van der Waals surface area contributed by atoms with Gasteiger partial charge in [0.15, 0.2) is 0 Å². The van der Waals surface area contributed by atoms with Crippen LogP contribution in [0.3, 0.4) is 0 Å². The molecule has 4 aliphatic rings. The van der Waals surface area contributed by atoms with Crippen LogP contribution in [0.25, 0.3) is 0 Å². The Morgan fingerprint density at radius 2 is 1.92 bits per heavy atom. The van der Waals surface area contributed by atoms with Gasteiger partial charge in [0.25, 0.3) is 0 Å². The van der Waals surface area contributed by atoms with Crippen molar-refractivity contribution < 1.29 is 34.1 Å². The van der Waals surface area contributed by atoms with E-state index in [0.717, 1.165) is 78.9 Å². The fourth-order valence-corrected chi connectivity index (χ4v) is 8.54. The fraction of sp³-hybridized carbons (Fsp3) is 0.575. The third-order valence-electron chi connectivity index (χ3n) is 10.9. The third-order valence-corrected chi connectivity index (χ3v) is 10.9. The Kier molecular flexibility index (Phi) is 11.6. The number of unbranched alkanes of at least 4 members (excludes halogenated alkanes) is 2. The van der Waals surface area contributed by atoms with Gasteiger partial charge in [0.05, 0.1) is 23.9 Å². The van der Waals surface area contributed by atoms with Crippen LogP contribution >= 0.6 is 0 Å². The lowest BCUT2D eigenvalue weighted by molar-refractivity contribution is -0.255. The molecular formula is C40H53N3O7. The second-order valence-corrected chi connectivity index (χ2v) is 14.2. The summed E-state index contributed by atoms with van der Waals surface area (Å²) in [6.45, 7) is 6.80. The highest BCUT2D eigenvalue weighted by Crippen LogP contribution is 2.62. The standard InChI is InChI=1S/C40H53N3O7/c1-5-21-49-40-36(43(3)39(46)27-15-16-27)24-34(42-47-4)32-22-28(12-6-8-19-44)31(14-7-9-20-45)37(38(32)40)33-23-30(17-18-35(33)50-40)48-25-29-13-10-11-26(2)41-29/h5,10-11,13,17-18,22-23,27-28,31,36-38,44-45H,1,6-9,12,14-16,19-21,24-25H2,2-4H3/t28-,31+,36-,37+,38+,40+/m0/s1. The summed E-state index contributed by atoms with van der Waals surface area (Å²) in [5.74, 6) is 0.239. The van der Waals surface area contributed by atoms with Crippen molar-refractivity contribution in [1.82, 2.24) is 9.88 Å². The number of fused-ring (bicyclic) bond motifs is 2. The minimum atomic E-state index is -1.22. The first-order chi connectivity index (χ1) is 24.3. The van der Waals surface area contributed by atoms with E-state index in [4.69, 9.17) is 19.0 Å². The van der Waals surface area contributed by atoms with Crippen molar-refractivity contribution in [2.24, 2.45) is 28.8 Å². The van der Waals surface area contributed by atoms with Gasteiger partial charge in [-0.05, 0) is 93.2 Å². The zero-order valence-corrected chi connectivity index (χ0v) is 29.8. The lowest BCUT2D eigenvalue weighted by atomic mass is 9.55. The fourth-order valence-electron chi connectivity index (χ4n) is 8.54. The Morgan fingerprint density at radius 1 is 1.14 bits per heavy atom. The summed E-state index contributed by atoms with van der Waals surface area (Å²) in [4.78, 5) is 25.7. The van der Waals surface area contributed by atoms with Crippen LogP contribution in [0.5, 0.6) is 11.5 Å². The Morgan fingerprint density at radius 3 is 2.62 bits per heavy atom. The molecule has 0 bridgehead atoms. The molecule has 10 nitrogen and oxygen atoms in total. The second kappa shape index (κ2) is 16.1. The normalized spacial score (nSPS) is 27.4. The number of carbonyl (C=O) groups excluding carboxylic acids is 1. The van der Waals surface area contributed by atoms with Gasteiger partial charge < -0.3 is 34.2 Å². The van der Waals surface area contributed by atoms with Crippen LogP contribution in [-0.4, -0.2) is 77.5 Å². The maximum absolute atomic E-state index is 13.8. The van der Waals surface area contributed by atoms with E-state index in [2.05, 4.69) is 28.9 Å². The van der Waals surface area contributed by atoms with Gasteiger partial charge in [-0.15, -0.1) is 6.58 Å². The van der Waals surface area contributed by atoms with Gasteiger partial charge in [-0.2, -0.15) is 0 Å². The number of amides is 1. The molecule has 0 unspecified atom stereocenters. The highest BCUT2D eigenvalue weighted by molar-refractivity contribution is 6.03. The molecule has 2 N–H and O–H groups in total. The quantitative estimate of drug-likeness (QED) is 0.116. The van der Waals surface area contributed by atoms with Gasteiger partial charge in [0, 0.05) is 49.8 Å². The van der Waals surface area contributed by atoms with Gasteiger partial charge in [-0.25, -0.2) is 0 Å². The third kappa shape index (κ3) is 7.34. The van der Waals surface area contributed by atoms with Crippen molar-refractivity contribution >= 4 is 11.6 Å². The highest BCUT2D eigenvalue weighted by atomic mass is 16.7.